The number of rotatable bonds is 5. The van der Waals surface area contributed by atoms with Crippen molar-refractivity contribution in [2.75, 3.05) is 6.26 Å². The second-order valence-corrected chi connectivity index (χ2v) is 7.52. The zero-order chi connectivity index (χ0) is 13.1. The molecule has 0 N–H and O–H groups in total. The van der Waals surface area contributed by atoms with Crippen molar-refractivity contribution >= 4 is 46.2 Å². The van der Waals surface area contributed by atoms with Crippen molar-refractivity contribution in [3.05, 3.63) is 23.3 Å². The van der Waals surface area contributed by atoms with Crippen LogP contribution in [0.5, 0.6) is 0 Å². The largest absolute Gasteiger partial charge is 0.333 e. The predicted molar refractivity (Wildman–Crippen MR) is 78.9 cm³/mol. The first-order chi connectivity index (χ1) is 9.35. The molecule has 3 rings (SSSR count). The quantitative estimate of drug-likeness (QED) is 0.662. The highest BCUT2D eigenvalue weighted by Gasteiger charge is 2.11. The van der Waals surface area contributed by atoms with Crippen molar-refractivity contribution in [2.45, 2.75) is 14.4 Å². The number of hydrogen-bond donors (Lipinski definition) is 0. The number of thiophene rings is 1. The highest BCUT2D eigenvalue weighted by atomic mass is 32.2. The van der Waals surface area contributed by atoms with Crippen molar-refractivity contribution in [2.24, 2.45) is 0 Å². The highest BCUT2D eigenvalue weighted by molar-refractivity contribution is 8.02. The molecule has 0 aromatic carbocycles. The zero-order valence-electron chi connectivity index (χ0n) is 9.77. The van der Waals surface area contributed by atoms with Gasteiger partial charge in [0, 0.05) is 0 Å². The summed E-state index contributed by atoms with van der Waals surface area (Å²) < 4.78 is 7.11. The minimum Gasteiger partial charge on any atom is -0.333 e. The third-order valence-corrected chi connectivity index (χ3v) is 5.97. The van der Waals surface area contributed by atoms with Gasteiger partial charge in [0.05, 0.1) is 10.6 Å². The standard InChI is InChI=1S/C10H8N4OS4/c1-16-9-12-13-10(19-9)18-5-7-11-8(15-14-7)6-3-2-4-17-6/h2-4H,5H2,1H3. The normalized spacial score (nSPS) is 11.0. The van der Waals surface area contributed by atoms with E-state index in [0.717, 1.165) is 13.6 Å². The van der Waals surface area contributed by atoms with Gasteiger partial charge in [-0.1, -0.05) is 46.1 Å². The van der Waals surface area contributed by atoms with Gasteiger partial charge in [-0.15, -0.1) is 21.5 Å². The molecule has 3 heterocycles. The van der Waals surface area contributed by atoms with Crippen LogP contribution in [0.4, 0.5) is 0 Å². The van der Waals surface area contributed by atoms with Crippen LogP contribution in [-0.4, -0.2) is 26.6 Å². The molecule has 3 aromatic rings. The van der Waals surface area contributed by atoms with Crippen molar-refractivity contribution in [1.29, 1.82) is 0 Å². The minimum atomic E-state index is 0.577. The Morgan fingerprint density at radius 2 is 2.21 bits per heavy atom. The monoisotopic (exact) mass is 328 g/mol. The van der Waals surface area contributed by atoms with Crippen molar-refractivity contribution < 1.29 is 4.52 Å². The Kier molecular flexibility index (Phi) is 4.16. The van der Waals surface area contributed by atoms with Gasteiger partial charge >= 0.3 is 0 Å². The first-order valence-electron chi connectivity index (χ1n) is 5.22. The van der Waals surface area contributed by atoms with Gasteiger partial charge in [0.25, 0.3) is 5.89 Å². The predicted octanol–water partition coefficient (Wildman–Crippen LogP) is 3.66. The molecule has 3 aromatic heterocycles. The van der Waals surface area contributed by atoms with E-state index in [0.29, 0.717) is 17.5 Å². The van der Waals surface area contributed by atoms with Crippen molar-refractivity contribution in [3.63, 3.8) is 0 Å². The third-order valence-electron chi connectivity index (χ3n) is 2.09. The summed E-state index contributed by atoms with van der Waals surface area (Å²) in [7, 11) is 0. The fraction of sp³-hybridized carbons (Fsp3) is 0.200. The molecule has 0 bridgehead atoms. The number of hydrogen-bond acceptors (Lipinski definition) is 9. The smallest absolute Gasteiger partial charge is 0.268 e. The number of nitrogens with zero attached hydrogens (tertiary/aromatic N) is 4. The first-order valence-corrected chi connectivity index (χ1v) is 9.12. The van der Waals surface area contributed by atoms with Gasteiger partial charge in [0.1, 0.15) is 0 Å². The molecule has 0 saturated heterocycles. The molecule has 0 unspecified atom stereocenters. The maximum atomic E-state index is 5.22. The molecule has 0 atom stereocenters. The average molecular weight is 328 g/mol. The van der Waals surface area contributed by atoms with Crippen LogP contribution >= 0.6 is 46.2 Å². The topological polar surface area (TPSA) is 64.7 Å². The maximum absolute atomic E-state index is 5.22. The third kappa shape index (κ3) is 3.16. The lowest BCUT2D eigenvalue weighted by molar-refractivity contribution is 0.426. The van der Waals surface area contributed by atoms with Crippen LogP contribution in [0.2, 0.25) is 0 Å². The van der Waals surface area contributed by atoms with Crippen LogP contribution in [0.25, 0.3) is 10.8 Å². The lowest BCUT2D eigenvalue weighted by Crippen LogP contribution is -1.83. The molecule has 0 aliphatic carbocycles. The summed E-state index contributed by atoms with van der Waals surface area (Å²) in [6, 6.07) is 3.93. The van der Waals surface area contributed by atoms with Crippen LogP contribution in [0.15, 0.2) is 30.7 Å². The van der Waals surface area contributed by atoms with Crippen LogP contribution in [0.3, 0.4) is 0 Å². The summed E-state index contributed by atoms with van der Waals surface area (Å²) >= 11 is 6.33. The first kappa shape index (κ1) is 13.1. The van der Waals surface area contributed by atoms with Crippen LogP contribution in [0, 0.1) is 0 Å². The molecule has 19 heavy (non-hydrogen) atoms. The molecule has 0 aliphatic rings. The summed E-state index contributed by atoms with van der Waals surface area (Å²) in [4.78, 5) is 5.35. The van der Waals surface area contributed by atoms with E-state index >= 15 is 0 Å². The summed E-state index contributed by atoms with van der Waals surface area (Å²) in [6.45, 7) is 0. The summed E-state index contributed by atoms with van der Waals surface area (Å²) in [5.41, 5.74) is 0. The molecule has 9 heteroatoms. The second kappa shape index (κ2) is 6.04. The Labute approximate surface area is 125 Å². The van der Waals surface area contributed by atoms with Gasteiger partial charge in [-0.05, 0) is 17.7 Å². The Morgan fingerprint density at radius 3 is 2.95 bits per heavy atom. The molecule has 0 spiro atoms. The molecule has 5 nitrogen and oxygen atoms in total. The van der Waals surface area contributed by atoms with E-state index in [1.807, 2.05) is 23.8 Å². The van der Waals surface area contributed by atoms with E-state index in [-0.39, 0.29) is 0 Å². The van der Waals surface area contributed by atoms with Crippen molar-refractivity contribution in [3.8, 4) is 10.8 Å². The second-order valence-electron chi connectivity index (χ2n) is 3.32. The Morgan fingerprint density at radius 1 is 1.32 bits per heavy atom. The number of aromatic nitrogens is 4. The van der Waals surface area contributed by atoms with E-state index in [9.17, 15) is 0 Å². The van der Waals surface area contributed by atoms with Crippen molar-refractivity contribution in [1.82, 2.24) is 20.3 Å². The Balaban J connectivity index is 1.64. The summed E-state index contributed by atoms with van der Waals surface area (Å²) in [5.74, 6) is 1.89. The molecule has 0 radical (unpaired) electrons. The van der Waals surface area contributed by atoms with Gasteiger partial charge in [0.2, 0.25) is 0 Å². The summed E-state index contributed by atoms with van der Waals surface area (Å²) in [5, 5.41) is 14.1. The Bertz CT molecular complexity index is 648. The van der Waals surface area contributed by atoms with Crippen LogP contribution < -0.4 is 0 Å². The fourth-order valence-corrected chi connectivity index (χ4v) is 4.20. The van der Waals surface area contributed by atoms with E-state index in [1.54, 1.807) is 46.2 Å². The Hall–Kier alpha value is -0.900. The minimum absolute atomic E-state index is 0.577. The van der Waals surface area contributed by atoms with Gasteiger partial charge in [0.15, 0.2) is 14.5 Å². The van der Waals surface area contributed by atoms with E-state index in [1.165, 1.54) is 0 Å². The zero-order valence-corrected chi connectivity index (χ0v) is 13.0. The van der Waals surface area contributed by atoms with Gasteiger partial charge < -0.3 is 4.52 Å². The van der Waals surface area contributed by atoms with Gasteiger partial charge in [-0.2, -0.15) is 4.98 Å². The average Bonchev–Trinajstić information content (AvgIpc) is 3.16. The van der Waals surface area contributed by atoms with Crippen LogP contribution in [0.1, 0.15) is 5.82 Å². The molecule has 0 aliphatic heterocycles. The highest BCUT2D eigenvalue weighted by Crippen LogP contribution is 2.30. The molecule has 0 fully saturated rings. The molecule has 98 valence electrons. The van der Waals surface area contributed by atoms with E-state index < -0.39 is 0 Å². The number of thioether (sulfide) groups is 2. The lowest BCUT2D eigenvalue weighted by Gasteiger charge is -1.89. The maximum Gasteiger partial charge on any atom is 0.268 e. The van der Waals surface area contributed by atoms with E-state index in [2.05, 4.69) is 20.3 Å². The molecular weight excluding hydrogens is 320 g/mol. The molecule has 0 saturated carbocycles. The molecule has 0 amide bonds. The lowest BCUT2D eigenvalue weighted by atomic mass is 10.5. The van der Waals surface area contributed by atoms with Crippen LogP contribution in [-0.2, 0) is 5.75 Å². The summed E-state index contributed by atoms with van der Waals surface area (Å²) in [6.07, 6.45) is 1.99. The van der Waals surface area contributed by atoms with Gasteiger partial charge in [-0.25, -0.2) is 0 Å². The fourth-order valence-electron chi connectivity index (χ4n) is 1.28. The SMILES string of the molecule is CSc1nnc(SCc2noc(-c3cccs3)n2)s1. The van der Waals surface area contributed by atoms with Gasteiger partial charge in [-0.3, -0.25) is 0 Å². The van der Waals surface area contributed by atoms with E-state index in [4.69, 9.17) is 4.52 Å². The molecular formula is C10H8N4OS4.